The van der Waals surface area contributed by atoms with Crippen molar-refractivity contribution in [2.45, 2.75) is 6.10 Å². The SMILES string of the molecule is COC(CNc1ccncc1Cl)c1ccccc1. The first-order valence-electron chi connectivity index (χ1n) is 5.72. The van der Waals surface area contributed by atoms with E-state index in [1.807, 2.05) is 36.4 Å². The number of benzene rings is 1. The van der Waals surface area contributed by atoms with Gasteiger partial charge in [-0.15, -0.1) is 0 Å². The zero-order chi connectivity index (χ0) is 12.8. The highest BCUT2D eigenvalue weighted by Gasteiger charge is 2.10. The molecular weight excluding hydrogens is 248 g/mol. The van der Waals surface area contributed by atoms with E-state index < -0.39 is 0 Å². The van der Waals surface area contributed by atoms with Gasteiger partial charge in [-0.05, 0) is 11.6 Å². The summed E-state index contributed by atoms with van der Waals surface area (Å²) in [5, 5.41) is 3.88. The number of nitrogens with one attached hydrogen (secondary N) is 1. The molecule has 1 unspecified atom stereocenters. The molecule has 1 aromatic heterocycles. The Kier molecular flexibility index (Phi) is 4.56. The van der Waals surface area contributed by atoms with Crippen LogP contribution in [0, 0.1) is 0 Å². The Morgan fingerprint density at radius 2 is 2.06 bits per heavy atom. The zero-order valence-electron chi connectivity index (χ0n) is 10.1. The van der Waals surface area contributed by atoms with Crippen LogP contribution in [-0.2, 0) is 4.74 Å². The highest BCUT2D eigenvalue weighted by atomic mass is 35.5. The molecule has 0 aliphatic heterocycles. The number of ether oxygens (including phenoxy) is 1. The Morgan fingerprint density at radius 1 is 1.28 bits per heavy atom. The van der Waals surface area contributed by atoms with E-state index in [2.05, 4.69) is 10.3 Å². The summed E-state index contributed by atoms with van der Waals surface area (Å²) in [6.07, 6.45) is 3.32. The van der Waals surface area contributed by atoms with E-state index in [0.29, 0.717) is 11.6 Å². The molecule has 0 saturated heterocycles. The van der Waals surface area contributed by atoms with E-state index in [4.69, 9.17) is 16.3 Å². The highest BCUT2D eigenvalue weighted by molar-refractivity contribution is 6.33. The monoisotopic (exact) mass is 262 g/mol. The van der Waals surface area contributed by atoms with Crippen LogP contribution in [0.5, 0.6) is 0 Å². The third kappa shape index (κ3) is 3.22. The molecule has 0 spiro atoms. The van der Waals surface area contributed by atoms with Gasteiger partial charge in [0.2, 0.25) is 0 Å². The minimum atomic E-state index is -0.00423. The van der Waals surface area contributed by atoms with Crippen molar-refractivity contribution in [2.75, 3.05) is 19.0 Å². The first kappa shape index (κ1) is 12.9. The lowest BCUT2D eigenvalue weighted by Gasteiger charge is -2.17. The molecule has 1 aromatic carbocycles. The van der Waals surface area contributed by atoms with Crippen molar-refractivity contribution in [3.05, 3.63) is 59.4 Å². The number of rotatable bonds is 5. The Labute approximate surface area is 112 Å². The van der Waals surface area contributed by atoms with Gasteiger partial charge < -0.3 is 10.1 Å². The molecule has 0 aliphatic carbocycles. The third-order valence-corrected chi connectivity index (χ3v) is 3.01. The molecule has 18 heavy (non-hydrogen) atoms. The van der Waals surface area contributed by atoms with Gasteiger partial charge in [-0.2, -0.15) is 0 Å². The fourth-order valence-corrected chi connectivity index (χ4v) is 1.91. The van der Waals surface area contributed by atoms with Crippen molar-refractivity contribution in [2.24, 2.45) is 0 Å². The lowest BCUT2D eigenvalue weighted by atomic mass is 10.1. The summed E-state index contributed by atoms with van der Waals surface area (Å²) < 4.78 is 5.48. The van der Waals surface area contributed by atoms with Crippen LogP contribution in [0.3, 0.4) is 0 Å². The first-order valence-corrected chi connectivity index (χ1v) is 6.10. The zero-order valence-corrected chi connectivity index (χ0v) is 10.9. The second-order valence-corrected chi connectivity index (χ2v) is 4.28. The summed E-state index contributed by atoms with van der Waals surface area (Å²) >= 11 is 6.03. The van der Waals surface area contributed by atoms with Gasteiger partial charge in [-0.3, -0.25) is 4.98 Å². The van der Waals surface area contributed by atoms with Crippen LogP contribution in [0.15, 0.2) is 48.8 Å². The van der Waals surface area contributed by atoms with Crippen LogP contribution in [-0.4, -0.2) is 18.6 Å². The predicted molar refractivity (Wildman–Crippen MR) is 73.9 cm³/mol. The van der Waals surface area contributed by atoms with Gasteiger partial charge in [0.25, 0.3) is 0 Å². The Morgan fingerprint density at radius 3 is 2.72 bits per heavy atom. The molecular formula is C14H15ClN2O. The average molecular weight is 263 g/mol. The highest BCUT2D eigenvalue weighted by Crippen LogP contribution is 2.22. The first-order chi connectivity index (χ1) is 8.81. The van der Waals surface area contributed by atoms with E-state index in [9.17, 15) is 0 Å². The summed E-state index contributed by atoms with van der Waals surface area (Å²) in [4.78, 5) is 3.95. The Hall–Kier alpha value is -1.58. The molecule has 2 rings (SSSR count). The molecule has 1 atom stereocenters. The Bertz CT molecular complexity index is 490. The van der Waals surface area contributed by atoms with Crippen LogP contribution in [0.4, 0.5) is 5.69 Å². The van der Waals surface area contributed by atoms with Gasteiger partial charge in [-0.25, -0.2) is 0 Å². The second-order valence-electron chi connectivity index (χ2n) is 3.87. The summed E-state index contributed by atoms with van der Waals surface area (Å²) in [5.41, 5.74) is 2.00. The maximum atomic E-state index is 6.03. The summed E-state index contributed by atoms with van der Waals surface area (Å²) in [7, 11) is 1.70. The molecule has 0 bridgehead atoms. The molecule has 1 heterocycles. The lowest BCUT2D eigenvalue weighted by Crippen LogP contribution is -2.14. The van der Waals surface area contributed by atoms with Crippen LogP contribution in [0.1, 0.15) is 11.7 Å². The van der Waals surface area contributed by atoms with E-state index in [0.717, 1.165) is 11.3 Å². The molecule has 0 fully saturated rings. The summed E-state index contributed by atoms with van der Waals surface area (Å²) in [5.74, 6) is 0. The maximum Gasteiger partial charge on any atom is 0.0993 e. The summed E-state index contributed by atoms with van der Waals surface area (Å²) in [6, 6.07) is 11.9. The Balaban J connectivity index is 2.02. The van der Waals surface area contributed by atoms with Gasteiger partial charge in [0.05, 0.1) is 16.8 Å². The van der Waals surface area contributed by atoms with E-state index >= 15 is 0 Å². The molecule has 4 heteroatoms. The van der Waals surface area contributed by atoms with E-state index in [1.165, 1.54) is 0 Å². The van der Waals surface area contributed by atoms with Crippen molar-refractivity contribution in [3.8, 4) is 0 Å². The van der Waals surface area contributed by atoms with Crippen LogP contribution in [0.25, 0.3) is 0 Å². The van der Waals surface area contributed by atoms with Gasteiger partial charge in [0.1, 0.15) is 0 Å². The number of halogens is 1. The van der Waals surface area contributed by atoms with Crippen LogP contribution < -0.4 is 5.32 Å². The van der Waals surface area contributed by atoms with Crippen molar-refractivity contribution in [1.82, 2.24) is 4.98 Å². The molecule has 2 aromatic rings. The largest absolute Gasteiger partial charge is 0.381 e. The summed E-state index contributed by atoms with van der Waals surface area (Å²) in [6.45, 7) is 0.657. The molecule has 0 aliphatic rings. The molecule has 3 nitrogen and oxygen atoms in total. The molecule has 0 saturated carbocycles. The second kappa shape index (κ2) is 6.38. The third-order valence-electron chi connectivity index (χ3n) is 2.71. The van der Waals surface area contributed by atoms with Crippen molar-refractivity contribution in [1.29, 1.82) is 0 Å². The minimum Gasteiger partial charge on any atom is -0.381 e. The number of aromatic nitrogens is 1. The van der Waals surface area contributed by atoms with Crippen molar-refractivity contribution >= 4 is 17.3 Å². The van der Waals surface area contributed by atoms with Crippen molar-refractivity contribution < 1.29 is 4.74 Å². The number of anilines is 1. The number of hydrogen-bond donors (Lipinski definition) is 1. The van der Waals surface area contributed by atoms with E-state index in [1.54, 1.807) is 19.5 Å². The number of pyridine rings is 1. The number of methoxy groups -OCH3 is 1. The van der Waals surface area contributed by atoms with E-state index in [-0.39, 0.29) is 6.10 Å². The predicted octanol–water partition coefficient (Wildman–Crippen LogP) is 3.53. The number of hydrogen-bond acceptors (Lipinski definition) is 3. The average Bonchev–Trinajstić information content (AvgIpc) is 2.42. The van der Waals surface area contributed by atoms with Gasteiger partial charge in [0, 0.05) is 26.0 Å². The molecule has 0 radical (unpaired) electrons. The van der Waals surface area contributed by atoms with Gasteiger partial charge in [-0.1, -0.05) is 41.9 Å². The molecule has 1 N–H and O–H groups in total. The smallest absolute Gasteiger partial charge is 0.0993 e. The maximum absolute atomic E-state index is 6.03. The van der Waals surface area contributed by atoms with Crippen molar-refractivity contribution in [3.63, 3.8) is 0 Å². The van der Waals surface area contributed by atoms with Gasteiger partial charge in [0.15, 0.2) is 0 Å². The van der Waals surface area contributed by atoms with Crippen LogP contribution >= 0.6 is 11.6 Å². The topological polar surface area (TPSA) is 34.1 Å². The van der Waals surface area contributed by atoms with Gasteiger partial charge >= 0.3 is 0 Å². The molecule has 94 valence electrons. The molecule has 0 amide bonds. The normalized spacial score (nSPS) is 12.1. The lowest BCUT2D eigenvalue weighted by molar-refractivity contribution is 0.114. The number of nitrogens with zero attached hydrogens (tertiary/aromatic N) is 1. The standard InChI is InChI=1S/C14H15ClN2O/c1-18-14(11-5-3-2-4-6-11)10-17-13-7-8-16-9-12(13)15/h2-9,14H,10H2,1H3,(H,16,17). The minimum absolute atomic E-state index is 0.00423. The fraction of sp³-hybridized carbons (Fsp3) is 0.214. The quantitative estimate of drug-likeness (QED) is 0.895. The fourth-order valence-electron chi connectivity index (χ4n) is 1.73. The van der Waals surface area contributed by atoms with Crippen LogP contribution in [0.2, 0.25) is 5.02 Å².